The molecule has 2 N–H and O–H groups in total. The molecule has 1 saturated heterocycles. The van der Waals surface area contributed by atoms with Crippen LogP contribution in [0, 0.1) is 11.8 Å². The van der Waals surface area contributed by atoms with E-state index in [1.54, 1.807) is 26.0 Å². The number of carbonyl (C=O) groups excluding carboxylic acids is 2. The van der Waals surface area contributed by atoms with Crippen molar-refractivity contribution < 1.29 is 9.59 Å². The monoisotopic (exact) mass is 246 g/mol. The van der Waals surface area contributed by atoms with E-state index in [0.29, 0.717) is 5.69 Å². The topological polar surface area (TPSA) is 63.4 Å². The van der Waals surface area contributed by atoms with Gasteiger partial charge in [-0.25, -0.2) is 0 Å². The van der Waals surface area contributed by atoms with Gasteiger partial charge in [0.05, 0.1) is 6.04 Å². The molecule has 0 spiro atoms. The highest BCUT2D eigenvalue weighted by Crippen LogP contribution is 2.33. The highest BCUT2D eigenvalue weighted by molar-refractivity contribution is 6.05. The molecule has 1 fully saturated rings. The molecule has 3 atom stereocenters. The van der Waals surface area contributed by atoms with Crippen molar-refractivity contribution in [1.82, 2.24) is 4.90 Å². The van der Waals surface area contributed by atoms with E-state index in [4.69, 9.17) is 5.73 Å². The van der Waals surface area contributed by atoms with E-state index in [0.717, 1.165) is 5.56 Å². The second-order valence-corrected chi connectivity index (χ2v) is 4.97. The number of nitrogen functional groups attached to an aromatic ring is 1. The number of imide groups is 1. The Morgan fingerprint density at radius 1 is 1.17 bits per heavy atom. The molecule has 2 rings (SSSR count). The molecule has 0 aromatic heterocycles. The number of hydrogen-bond donors (Lipinski definition) is 1. The highest BCUT2D eigenvalue weighted by atomic mass is 16.2. The second kappa shape index (κ2) is 4.44. The number of rotatable bonds is 2. The Morgan fingerprint density at radius 2 is 1.72 bits per heavy atom. The number of nitrogens with two attached hydrogens (primary N) is 1. The molecule has 4 nitrogen and oxygen atoms in total. The predicted octanol–water partition coefficient (Wildman–Crippen LogP) is 1.97. The van der Waals surface area contributed by atoms with Gasteiger partial charge in [0.2, 0.25) is 11.8 Å². The lowest BCUT2D eigenvalue weighted by Gasteiger charge is -2.23. The molecule has 0 bridgehead atoms. The fourth-order valence-electron chi connectivity index (χ4n) is 2.32. The van der Waals surface area contributed by atoms with Crippen LogP contribution in [0.3, 0.4) is 0 Å². The number of hydrogen-bond acceptors (Lipinski definition) is 3. The van der Waals surface area contributed by atoms with E-state index in [1.165, 1.54) is 4.90 Å². The average molecular weight is 246 g/mol. The third-order valence-electron chi connectivity index (χ3n) is 3.78. The van der Waals surface area contributed by atoms with Crippen LogP contribution in [-0.4, -0.2) is 16.7 Å². The lowest BCUT2D eigenvalue weighted by atomic mass is 10.00. The Labute approximate surface area is 107 Å². The second-order valence-electron chi connectivity index (χ2n) is 4.97. The van der Waals surface area contributed by atoms with Gasteiger partial charge in [0.15, 0.2) is 0 Å². The summed E-state index contributed by atoms with van der Waals surface area (Å²) in [5.41, 5.74) is 7.26. The zero-order valence-electron chi connectivity index (χ0n) is 10.9. The molecular formula is C14H18N2O2. The summed E-state index contributed by atoms with van der Waals surface area (Å²) in [4.78, 5) is 25.6. The maximum Gasteiger partial charge on any atom is 0.233 e. The first kappa shape index (κ1) is 12.6. The van der Waals surface area contributed by atoms with Crippen molar-refractivity contribution in [1.29, 1.82) is 0 Å². The number of likely N-dealkylation sites (tertiary alicyclic amines) is 1. The van der Waals surface area contributed by atoms with Gasteiger partial charge in [-0.3, -0.25) is 14.5 Å². The zero-order chi connectivity index (χ0) is 13.4. The number of nitrogens with zero attached hydrogens (tertiary/aromatic N) is 1. The molecule has 1 aliphatic rings. The summed E-state index contributed by atoms with van der Waals surface area (Å²) in [5, 5.41) is 0. The molecule has 1 aliphatic heterocycles. The van der Waals surface area contributed by atoms with Crippen molar-refractivity contribution in [3.8, 4) is 0 Å². The molecular weight excluding hydrogens is 228 g/mol. The fraction of sp³-hybridized carbons (Fsp3) is 0.429. The first-order chi connectivity index (χ1) is 8.43. The molecule has 96 valence electrons. The van der Waals surface area contributed by atoms with E-state index < -0.39 is 0 Å². The summed E-state index contributed by atoms with van der Waals surface area (Å²) in [6.45, 7) is 5.46. The SMILES string of the molecule is CC1C(=O)N(C(C)c2cccc(N)c2)C(=O)C1C. The number of carbonyl (C=O) groups is 2. The van der Waals surface area contributed by atoms with E-state index in [9.17, 15) is 9.59 Å². The maximum atomic E-state index is 12.1. The smallest absolute Gasteiger partial charge is 0.233 e. The number of benzene rings is 1. The minimum atomic E-state index is -0.263. The Hall–Kier alpha value is -1.84. The van der Waals surface area contributed by atoms with Gasteiger partial charge >= 0.3 is 0 Å². The van der Waals surface area contributed by atoms with Crippen molar-refractivity contribution in [2.24, 2.45) is 11.8 Å². The molecule has 2 amide bonds. The van der Waals surface area contributed by atoms with Crippen molar-refractivity contribution >= 4 is 17.5 Å². The third-order valence-corrected chi connectivity index (χ3v) is 3.78. The molecule has 1 heterocycles. The van der Waals surface area contributed by atoms with Crippen molar-refractivity contribution in [3.05, 3.63) is 29.8 Å². The van der Waals surface area contributed by atoms with Crippen LogP contribution in [-0.2, 0) is 9.59 Å². The van der Waals surface area contributed by atoms with E-state index in [2.05, 4.69) is 0 Å². The molecule has 1 aromatic rings. The van der Waals surface area contributed by atoms with Gasteiger partial charge in [-0.15, -0.1) is 0 Å². The summed E-state index contributed by atoms with van der Waals surface area (Å²) in [6.07, 6.45) is 0. The summed E-state index contributed by atoms with van der Waals surface area (Å²) < 4.78 is 0. The quantitative estimate of drug-likeness (QED) is 0.641. The lowest BCUT2D eigenvalue weighted by Crippen LogP contribution is -2.33. The fourth-order valence-corrected chi connectivity index (χ4v) is 2.32. The van der Waals surface area contributed by atoms with Gasteiger partial charge in [0, 0.05) is 17.5 Å². The minimum absolute atomic E-state index is 0.0950. The summed E-state index contributed by atoms with van der Waals surface area (Å²) in [7, 11) is 0. The number of amides is 2. The van der Waals surface area contributed by atoms with Gasteiger partial charge in [-0.2, -0.15) is 0 Å². The van der Waals surface area contributed by atoms with Crippen LogP contribution >= 0.6 is 0 Å². The van der Waals surface area contributed by atoms with Crippen LogP contribution in [0.15, 0.2) is 24.3 Å². The normalized spacial score (nSPS) is 25.6. The van der Waals surface area contributed by atoms with Crippen molar-refractivity contribution in [2.45, 2.75) is 26.8 Å². The summed E-state index contributed by atoms with van der Waals surface area (Å²) in [5.74, 6) is -0.660. The Bertz CT molecular complexity index is 478. The van der Waals surface area contributed by atoms with E-state index in [1.807, 2.05) is 19.1 Å². The van der Waals surface area contributed by atoms with Crippen LogP contribution in [0.4, 0.5) is 5.69 Å². The Kier molecular flexibility index (Phi) is 3.11. The van der Waals surface area contributed by atoms with Crippen LogP contribution in [0.25, 0.3) is 0 Å². The van der Waals surface area contributed by atoms with Crippen molar-refractivity contribution in [2.75, 3.05) is 5.73 Å². The molecule has 0 aliphatic carbocycles. The average Bonchev–Trinajstić information content (AvgIpc) is 2.53. The number of anilines is 1. The summed E-state index contributed by atoms with van der Waals surface area (Å²) in [6, 6.07) is 7.04. The molecule has 18 heavy (non-hydrogen) atoms. The van der Waals surface area contributed by atoms with Gasteiger partial charge < -0.3 is 5.73 Å². The Balaban J connectivity index is 2.32. The van der Waals surface area contributed by atoms with Gasteiger partial charge in [-0.1, -0.05) is 26.0 Å². The molecule has 0 saturated carbocycles. The standard InChI is InChI=1S/C14H18N2O2/c1-8-9(2)14(18)16(13(8)17)10(3)11-5-4-6-12(15)7-11/h4-10H,15H2,1-3H3. The first-order valence-corrected chi connectivity index (χ1v) is 6.16. The van der Waals surface area contributed by atoms with Crippen LogP contribution in [0.1, 0.15) is 32.4 Å². The predicted molar refractivity (Wildman–Crippen MR) is 69.5 cm³/mol. The van der Waals surface area contributed by atoms with Gasteiger partial charge in [-0.05, 0) is 24.6 Å². The molecule has 0 radical (unpaired) electrons. The van der Waals surface area contributed by atoms with Gasteiger partial charge in [0.1, 0.15) is 0 Å². The largest absolute Gasteiger partial charge is 0.399 e. The van der Waals surface area contributed by atoms with E-state index in [-0.39, 0.29) is 29.7 Å². The Morgan fingerprint density at radius 3 is 2.22 bits per heavy atom. The zero-order valence-corrected chi connectivity index (χ0v) is 10.9. The van der Waals surface area contributed by atoms with Crippen LogP contribution in [0.2, 0.25) is 0 Å². The highest BCUT2D eigenvalue weighted by Gasteiger charge is 2.44. The summed E-state index contributed by atoms with van der Waals surface area (Å²) >= 11 is 0. The third kappa shape index (κ3) is 1.88. The maximum absolute atomic E-state index is 12.1. The van der Waals surface area contributed by atoms with Crippen LogP contribution < -0.4 is 5.73 Å². The lowest BCUT2D eigenvalue weighted by molar-refractivity contribution is -0.142. The molecule has 4 heteroatoms. The molecule has 1 aromatic carbocycles. The minimum Gasteiger partial charge on any atom is -0.399 e. The first-order valence-electron chi connectivity index (χ1n) is 6.16. The molecule has 3 unspecified atom stereocenters. The van der Waals surface area contributed by atoms with Gasteiger partial charge in [0.25, 0.3) is 0 Å². The van der Waals surface area contributed by atoms with Crippen LogP contribution in [0.5, 0.6) is 0 Å². The van der Waals surface area contributed by atoms with Crippen molar-refractivity contribution in [3.63, 3.8) is 0 Å². The van der Waals surface area contributed by atoms with E-state index >= 15 is 0 Å².